The van der Waals surface area contributed by atoms with Gasteiger partial charge in [-0.3, -0.25) is 0 Å². The van der Waals surface area contributed by atoms with Crippen LogP contribution in [0.2, 0.25) is 0 Å². The number of benzene rings is 1. The molecular weight excluding hydrogens is 257 g/mol. The van der Waals surface area contributed by atoms with E-state index in [4.69, 9.17) is 4.74 Å². The number of halogens is 1. The van der Waals surface area contributed by atoms with Crippen LogP contribution in [0, 0.1) is 5.82 Å². The van der Waals surface area contributed by atoms with Crippen molar-refractivity contribution < 1.29 is 9.13 Å². The van der Waals surface area contributed by atoms with Crippen LogP contribution in [-0.4, -0.2) is 23.7 Å². The summed E-state index contributed by atoms with van der Waals surface area (Å²) in [5, 5.41) is 3.19. The molecule has 1 heterocycles. The summed E-state index contributed by atoms with van der Waals surface area (Å²) < 4.78 is 20.9. The molecule has 0 fully saturated rings. The summed E-state index contributed by atoms with van der Waals surface area (Å²) in [5.41, 5.74) is 0.828. The maximum absolute atomic E-state index is 13.9. The Bertz CT molecular complexity index is 568. The quantitative estimate of drug-likeness (QED) is 0.882. The van der Waals surface area contributed by atoms with Gasteiger partial charge in [-0.2, -0.15) is 0 Å². The number of hydrogen-bond donors (Lipinski definition) is 1. The number of nitrogens with one attached hydrogen (secondary N) is 1. The summed E-state index contributed by atoms with van der Waals surface area (Å²) in [6.07, 6.45) is 4.75. The minimum absolute atomic E-state index is 0.142. The fourth-order valence-electron chi connectivity index (χ4n) is 2.32. The summed E-state index contributed by atoms with van der Waals surface area (Å²) in [4.78, 5) is 4.40. The highest BCUT2D eigenvalue weighted by Crippen LogP contribution is 2.25. The third-order valence-corrected chi connectivity index (χ3v) is 3.27. The van der Waals surface area contributed by atoms with Crippen molar-refractivity contribution in [3.05, 3.63) is 47.8 Å². The lowest BCUT2D eigenvalue weighted by Crippen LogP contribution is -2.22. The average molecular weight is 277 g/mol. The molecular formula is C15H20FN3O. The van der Waals surface area contributed by atoms with Crippen LogP contribution < -0.4 is 10.1 Å². The molecule has 4 nitrogen and oxygen atoms in total. The van der Waals surface area contributed by atoms with Gasteiger partial charge in [0.05, 0.1) is 13.2 Å². The van der Waals surface area contributed by atoms with E-state index in [1.165, 1.54) is 13.2 Å². The lowest BCUT2D eigenvalue weighted by atomic mass is 10.1. The fourth-order valence-corrected chi connectivity index (χ4v) is 2.32. The van der Waals surface area contributed by atoms with Gasteiger partial charge in [-0.05, 0) is 31.2 Å². The normalized spacial score (nSPS) is 12.4. The second kappa shape index (κ2) is 6.52. The van der Waals surface area contributed by atoms with Crippen LogP contribution in [0.4, 0.5) is 4.39 Å². The predicted molar refractivity (Wildman–Crippen MR) is 76.4 cm³/mol. The van der Waals surface area contributed by atoms with Gasteiger partial charge in [-0.15, -0.1) is 0 Å². The molecule has 2 aromatic rings. The molecule has 2 rings (SSSR count). The number of rotatable bonds is 6. The molecule has 5 heteroatoms. The highest BCUT2D eigenvalue weighted by Gasteiger charge is 2.18. The molecule has 1 aromatic heterocycles. The number of nitrogens with zero attached hydrogens (tertiary/aromatic N) is 2. The van der Waals surface area contributed by atoms with Gasteiger partial charge in [0.1, 0.15) is 5.82 Å². The first kappa shape index (κ1) is 14.5. The number of aromatic nitrogens is 2. The maximum Gasteiger partial charge on any atom is 0.165 e. The van der Waals surface area contributed by atoms with E-state index in [1.807, 2.05) is 19.3 Å². The van der Waals surface area contributed by atoms with E-state index in [2.05, 4.69) is 21.8 Å². The Morgan fingerprint density at radius 2 is 2.25 bits per heavy atom. The molecule has 1 atom stereocenters. The van der Waals surface area contributed by atoms with E-state index in [9.17, 15) is 4.39 Å². The zero-order chi connectivity index (χ0) is 14.5. The number of ether oxygens (including phenoxy) is 1. The molecule has 108 valence electrons. The van der Waals surface area contributed by atoms with E-state index in [-0.39, 0.29) is 17.6 Å². The summed E-state index contributed by atoms with van der Waals surface area (Å²) in [5.74, 6) is 0.776. The Labute approximate surface area is 118 Å². The molecule has 0 aliphatic heterocycles. The van der Waals surface area contributed by atoms with E-state index in [1.54, 1.807) is 12.3 Å². The SMILES string of the molecule is CCCn1ccnc1C(NC)c1ccc(OC)c(F)c1. The molecule has 0 saturated carbocycles. The Morgan fingerprint density at radius 1 is 1.45 bits per heavy atom. The number of imidazole rings is 1. The van der Waals surface area contributed by atoms with Gasteiger partial charge >= 0.3 is 0 Å². The van der Waals surface area contributed by atoms with E-state index >= 15 is 0 Å². The summed E-state index contributed by atoms with van der Waals surface area (Å²) in [7, 11) is 3.30. The lowest BCUT2D eigenvalue weighted by molar-refractivity contribution is 0.385. The van der Waals surface area contributed by atoms with Gasteiger partial charge in [-0.25, -0.2) is 9.37 Å². The second-order valence-electron chi connectivity index (χ2n) is 4.59. The number of methoxy groups -OCH3 is 1. The first-order chi connectivity index (χ1) is 9.71. The zero-order valence-corrected chi connectivity index (χ0v) is 12.1. The van der Waals surface area contributed by atoms with Crippen LogP contribution in [-0.2, 0) is 6.54 Å². The molecule has 20 heavy (non-hydrogen) atoms. The van der Waals surface area contributed by atoms with E-state index < -0.39 is 0 Å². The third-order valence-electron chi connectivity index (χ3n) is 3.27. The van der Waals surface area contributed by atoms with Crippen LogP contribution in [0.15, 0.2) is 30.6 Å². The standard InChI is InChI=1S/C15H20FN3O/c1-4-8-19-9-7-18-15(19)14(17-2)11-5-6-13(20-3)12(16)10-11/h5-7,9-10,14,17H,4,8H2,1-3H3. The van der Waals surface area contributed by atoms with Gasteiger partial charge in [0, 0.05) is 18.9 Å². The largest absolute Gasteiger partial charge is 0.494 e. The smallest absolute Gasteiger partial charge is 0.165 e. The number of aryl methyl sites for hydroxylation is 1. The van der Waals surface area contributed by atoms with Crippen LogP contribution in [0.3, 0.4) is 0 Å². The first-order valence-corrected chi connectivity index (χ1v) is 6.73. The molecule has 0 aliphatic rings. The van der Waals surface area contributed by atoms with Crippen LogP contribution >= 0.6 is 0 Å². The topological polar surface area (TPSA) is 39.1 Å². The molecule has 1 aromatic carbocycles. The minimum Gasteiger partial charge on any atom is -0.494 e. The van der Waals surface area contributed by atoms with Crippen molar-refractivity contribution in [1.82, 2.24) is 14.9 Å². The Hall–Kier alpha value is -1.88. The summed E-state index contributed by atoms with van der Waals surface area (Å²) in [6.45, 7) is 3.01. The monoisotopic (exact) mass is 277 g/mol. The van der Waals surface area contributed by atoms with Gasteiger partial charge in [0.15, 0.2) is 11.6 Å². The summed E-state index contributed by atoms with van der Waals surface area (Å²) >= 11 is 0. The van der Waals surface area contributed by atoms with Crippen molar-refractivity contribution in [2.45, 2.75) is 25.9 Å². The molecule has 0 radical (unpaired) electrons. The number of hydrogen-bond acceptors (Lipinski definition) is 3. The molecule has 0 amide bonds. The Kier molecular flexibility index (Phi) is 4.74. The first-order valence-electron chi connectivity index (χ1n) is 6.73. The summed E-state index contributed by atoms with van der Waals surface area (Å²) in [6, 6.07) is 4.85. The van der Waals surface area contributed by atoms with Crippen LogP contribution in [0.5, 0.6) is 5.75 Å². The van der Waals surface area contributed by atoms with E-state index in [0.29, 0.717) is 0 Å². The van der Waals surface area contributed by atoms with Gasteiger partial charge < -0.3 is 14.6 Å². The Balaban J connectivity index is 2.36. The van der Waals surface area contributed by atoms with Gasteiger partial charge in [0.2, 0.25) is 0 Å². The van der Waals surface area contributed by atoms with Crippen molar-refractivity contribution in [2.75, 3.05) is 14.2 Å². The van der Waals surface area contributed by atoms with E-state index in [0.717, 1.165) is 24.4 Å². The van der Waals surface area contributed by atoms with Crippen molar-refractivity contribution in [3.63, 3.8) is 0 Å². The molecule has 0 aliphatic carbocycles. The molecule has 0 bridgehead atoms. The van der Waals surface area contributed by atoms with Gasteiger partial charge in [0.25, 0.3) is 0 Å². The van der Waals surface area contributed by atoms with Crippen molar-refractivity contribution in [3.8, 4) is 5.75 Å². The highest BCUT2D eigenvalue weighted by atomic mass is 19.1. The van der Waals surface area contributed by atoms with Crippen molar-refractivity contribution in [2.24, 2.45) is 0 Å². The predicted octanol–water partition coefficient (Wildman–Crippen LogP) is 2.75. The zero-order valence-electron chi connectivity index (χ0n) is 12.1. The minimum atomic E-state index is -0.362. The molecule has 1 unspecified atom stereocenters. The molecule has 1 N–H and O–H groups in total. The lowest BCUT2D eigenvalue weighted by Gasteiger charge is -2.18. The maximum atomic E-state index is 13.9. The fraction of sp³-hybridized carbons (Fsp3) is 0.400. The Morgan fingerprint density at radius 3 is 2.85 bits per heavy atom. The molecule has 0 spiro atoms. The van der Waals surface area contributed by atoms with Crippen molar-refractivity contribution in [1.29, 1.82) is 0 Å². The average Bonchev–Trinajstić information content (AvgIpc) is 2.89. The van der Waals surface area contributed by atoms with Crippen LogP contribution in [0.1, 0.15) is 30.8 Å². The third kappa shape index (κ3) is 2.82. The van der Waals surface area contributed by atoms with Gasteiger partial charge in [-0.1, -0.05) is 13.0 Å². The van der Waals surface area contributed by atoms with Crippen molar-refractivity contribution >= 4 is 0 Å². The van der Waals surface area contributed by atoms with Crippen LogP contribution in [0.25, 0.3) is 0 Å². The highest BCUT2D eigenvalue weighted by molar-refractivity contribution is 5.33. The molecule has 0 saturated heterocycles. The second-order valence-corrected chi connectivity index (χ2v) is 4.59.